The van der Waals surface area contributed by atoms with Crippen LogP contribution in [-0.2, 0) is 13.2 Å². The Balaban J connectivity index is 2.11. The van der Waals surface area contributed by atoms with Gasteiger partial charge < -0.3 is 10.4 Å². The summed E-state index contributed by atoms with van der Waals surface area (Å²) in [6, 6.07) is 14.2. The van der Waals surface area contributed by atoms with E-state index in [9.17, 15) is 0 Å². The second-order valence-electron chi connectivity index (χ2n) is 4.58. The zero-order valence-electron chi connectivity index (χ0n) is 10.9. The Bertz CT molecular complexity index is 514. The van der Waals surface area contributed by atoms with Gasteiger partial charge in [-0.3, -0.25) is 0 Å². The third kappa shape index (κ3) is 2.90. The van der Waals surface area contributed by atoms with Crippen molar-refractivity contribution in [1.29, 1.82) is 0 Å². The number of aliphatic hydroxyl groups excluding tert-OH is 1. The molecule has 2 heteroatoms. The summed E-state index contributed by atoms with van der Waals surface area (Å²) in [5, 5.41) is 12.5. The second kappa shape index (κ2) is 5.69. The van der Waals surface area contributed by atoms with Crippen LogP contribution in [0.1, 0.15) is 22.3 Å². The molecule has 0 fully saturated rings. The van der Waals surface area contributed by atoms with E-state index in [1.54, 1.807) is 0 Å². The SMILES string of the molecule is Cc1cccc(C)c1CNc1cccc(CO)c1. The van der Waals surface area contributed by atoms with Crippen LogP contribution in [0.25, 0.3) is 0 Å². The molecule has 2 N–H and O–H groups in total. The molecule has 0 radical (unpaired) electrons. The third-order valence-corrected chi connectivity index (χ3v) is 3.22. The molecule has 0 saturated carbocycles. The lowest BCUT2D eigenvalue weighted by Gasteiger charge is -2.12. The molecule has 0 atom stereocenters. The number of hydrogen-bond donors (Lipinski definition) is 2. The van der Waals surface area contributed by atoms with Crippen molar-refractivity contribution in [3.8, 4) is 0 Å². The highest BCUT2D eigenvalue weighted by Gasteiger charge is 2.02. The van der Waals surface area contributed by atoms with E-state index in [2.05, 4.69) is 37.4 Å². The van der Waals surface area contributed by atoms with Crippen LogP contribution in [0.5, 0.6) is 0 Å². The molecule has 0 aliphatic rings. The standard InChI is InChI=1S/C16H19NO/c1-12-5-3-6-13(2)16(12)10-17-15-8-4-7-14(9-15)11-18/h3-9,17-18H,10-11H2,1-2H3. The average Bonchev–Trinajstić information content (AvgIpc) is 2.38. The van der Waals surface area contributed by atoms with Crippen molar-refractivity contribution in [3.63, 3.8) is 0 Å². The number of benzene rings is 2. The maximum Gasteiger partial charge on any atom is 0.0682 e. The molecule has 2 rings (SSSR count). The van der Waals surface area contributed by atoms with E-state index in [0.29, 0.717) is 0 Å². The van der Waals surface area contributed by atoms with Crippen molar-refractivity contribution in [3.05, 3.63) is 64.7 Å². The summed E-state index contributed by atoms with van der Waals surface area (Å²) in [5.74, 6) is 0. The van der Waals surface area contributed by atoms with E-state index >= 15 is 0 Å². The van der Waals surface area contributed by atoms with E-state index in [-0.39, 0.29) is 6.61 Å². The quantitative estimate of drug-likeness (QED) is 0.859. The van der Waals surface area contributed by atoms with E-state index in [1.165, 1.54) is 16.7 Å². The van der Waals surface area contributed by atoms with E-state index in [4.69, 9.17) is 5.11 Å². The van der Waals surface area contributed by atoms with Crippen LogP contribution < -0.4 is 5.32 Å². The average molecular weight is 241 g/mol. The summed E-state index contributed by atoms with van der Waals surface area (Å²) in [7, 11) is 0. The Morgan fingerprint density at radius 2 is 1.67 bits per heavy atom. The molecule has 2 aromatic rings. The predicted octanol–water partition coefficient (Wildman–Crippen LogP) is 3.41. The highest BCUT2D eigenvalue weighted by molar-refractivity contribution is 5.47. The van der Waals surface area contributed by atoms with Gasteiger partial charge in [-0.15, -0.1) is 0 Å². The second-order valence-corrected chi connectivity index (χ2v) is 4.58. The number of rotatable bonds is 4. The fourth-order valence-corrected chi connectivity index (χ4v) is 2.10. The lowest BCUT2D eigenvalue weighted by atomic mass is 10.0. The van der Waals surface area contributed by atoms with Gasteiger partial charge in [0.25, 0.3) is 0 Å². The molecule has 94 valence electrons. The maximum atomic E-state index is 9.11. The molecular weight excluding hydrogens is 222 g/mol. The molecule has 0 saturated heterocycles. The lowest BCUT2D eigenvalue weighted by Crippen LogP contribution is -2.03. The minimum absolute atomic E-state index is 0.0823. The van der Waals surface area contributed by atoms with E-state index in [1.807, 2.05) is 24.3 Å². The van der Waals surface area contributed by atoms with Crippen LogP contribution in [0.3, 0.4) is 0 Å². The Morgan fingerprint density at radius 1 is 1.00 bits per heavy atom. The fourth-order valence-electron chi connectivity index (χ4n) is 2.10. The minimum atomic E-state index is 0.0823. The van der Waals surface area contributed by atoms with Crippen LogP contribution in [0.15, 0.2) is 42.5 Å². The molecule has 18 heavy (non-hydrogen) atoms. The van der Waals surface area contributed by atoms with Gasteiger partial charge >= 0.3 is 0 Å². The van der Waals surface area contributed by atoms with Gasteiger partial charge in [-0.25, -0.2) is 0 Å². The van der Waals surface area contributed by atoms with E-state index < -0.39 is 0 Å². The maximum absolute atomic E-state index is 9.11. The molecular formula is C16H19NO. The van der Waals surface area contributed by atoms with Gasteiger partial charge in [0, 0.05) is 12.2 Å². The van der Waals surface area contributed by atoms with Crippen LogP contribution in [0.4, 0.5) is 5.69 Å². The number of aliphatic hydroxyl groups is 1. The molecule has 0 spiro atoms. The van der Waals surface area contributed by atoms with Crippen LogP contribution in [0, 0.1) is 13.8 Å². The van der Waals surface area contributed by atoms with Gasteiger partial charge in [0.2, 0.25) is 0 Å². The normalized spacial score (nSPS) is 10.4. The van der Waals surface area contributed by atoms with Crippen LogP contribution >= 0.6 is 0 Å². The first-order chi connectivity index (χ1) is 8.70. The smallest absolute Gasteiger partial charge is 0.0682 e. The molecule has 0 aliphatic carbocycles. The zero-order valence-corrected chi connectivity index (χ0v) is 10.9. The van der Waals surface area contributed by atoms with Crippen molar-refractivity contribution < 1.29 is 5.11 Å². The molecule has 0 unspecified atom stereocenters. The van der Waals surface area contributed by atoms with Crippen molar-refractivity contribution in [2.75, 3.05) is 5.32 Å². The van der Waals surface area contributed by atoms with Gasteiger partial charge in [-0.1, -0.05) is 30.3 Å². The van der Waals surface area contributed by atoms with Crippen molar-refractivity contribution in [2.24, 2.45) is 0 Å². The Hall–Kier alpha value is -1.80. The highest BCUT2D eigenvalue weighted by atomic mass is 16.3. The molecule has 2 nitrogen and oxygen atoms in total. The van der Waals surface area contributed by atoms with Gasteiger partial charge in [-0.05, 0) is 48.2 Å². The van der Waals surface area contributed by atoms with E-state index in [0.717, 1.165) is 17.8 Å². The largest absolute Gasteiger partial charge is 0.392 e. The summed E-state index contributed by atoms with van der Waals surface area (Å²) in [5.41, 5.74) is 5.93. The fraction of sp³-hybridized carbons (Fsp3) is 0.250. The predicted molar refractivity (Wildman–Crippen MR) is 75.6 cm³/mol. The number of hydrogen-bond acceptors (Lipinski definition) is 2. The lowest BCUT2D eigenvalue weighted by molar-refractivity contribution is 0.282. The topological polar surface area (TPSA) is 32.3 Å². The van der Waals surface area contributed by atoms with Crippen molar-refractivity contribution in [1.82, 2.24) is 0 Å². The third-order valence-electron chi connectivity index (χ3n) is 3.22. The Kier molecular flexibility index (Phi) is 4.00. The van der Waals surface area contributed by atoms with Crippen LogP contribution in [-0.4, -0.2) is 5.11 Å². The van der Waals surface area contributed by atoms with Gasteiger partial charge in [0.05, 0.1) is 6.61 Å². The molecule has 2 aromatic carbocycles. The summed E-state index contributed by atoms with van der Waals surface area (Å²) in [6.07, 6.45) is 0. The first-order valence-corrected chi connectivity index (χ1v) is 6.19. The monoisotopic (exact) mass is 241 g/mol. The summed E-state index contributed by atoms with van der Waals surface area (Å²) >= 11 is 0. The molecule has 0 amide bonds. The first kappa shape index (κ1) is 12.7. The van der Waals surface area contributed by atoms with Crippen molar-refractivity contribution in [2.45, 2.75) is 27.0 Å². The molecule has 0 aliphatic heterocycles. The van der Waals surface area contributed by atoms with Crippen LogP contribution in [0.2, 0.25) is 0 Å². The Labute approximate surface area is 108 Å². The summed E-state index contributed by atoms with van der Waals surface area (Å²) in [4.78, 5) is 0. The number of aryl methyl sites for hydroxylation is 2. The Morgan fingerprint density at radius 3 is 2.33 bits per heavy atom. The summed E-state index contributed by atoms with van der Waals surface area (Å²) < 4.78 is 0. The molecule has 0 heterocycles. The molecule has 0 aromatic heterocycles. The first-order valence-electron chi connectivity index (χ1n) is 6.19. The van der Waals surface area contributed by atoms with Gasteiger partial charge in [-0.2, -0.15) is 0 Å². The number of anilines is 1. The summed E-state index contributed by atoms with van der Waals surface area (Å²) in [6.45, 7) is 5.16. The number of nitrogens with one attached hydrogen (secondary N) is 1. The minimum Gasteiger partial charge on any atom is -0.392 e. The van der Waals surface area contributed by atoms with Gasteiger partial charge in [0.1, 0.15) is 0 Å². The molecule has 0 bridgehead atoms. The van der Waals surface area contributed by atoms with Gasteiger partial charge in [0.15, 0.2) is 0 Å². The zero-order chi connectivity index (χ0) is 13.0. The highest BCUT2D eigenvalue weighted by Crippen LogP contribution is 2.16. The van der Waals surface area contributed by atoms with Crippen molar-refractivity contribution >= 4 is 5.69 Å².